The molecule has 6 nitrogen and oxygen atoms in total. The van der Waals surface area contributed by atoms with Gasteiger partial charge in [-0.2, -0.15) is 0 Å². The Morgan fingerprint density at radius 2 is 1.29 bits per heavy atom. The molecule has 0 saturated heterocycles. The Bertz CT molecular complexity index is 728. The Morgan fingerprint density at radius 1 is 0.868 bits per heavy atom. The fourth-order valence-electron chi connectivity index (χ4n) is 2.95. The number of hydrogen-bond donors (Lipinski definition) is 1. The summed E-state index contributed by atoms with van der Waals surface area (Å²) in [6, 6.07) is 4.15. The molecule has 0 aliphatic carbocycles. The fraction of sp³-hybridized carbons (Fsp3) is 0.556. The molecule has 1 N–H and O–H groups in total. The van der Waals surface area contributed by atoms with E-state index in [1.807, 2.05) is 0 Å². The van der Waals surface area contributed by atoms with Gasteiger partial charge in [0.25, 0.3) is 5.69 Å². The summed E-state index contributed by atoms with van der Waals surface area (Å²) in [4.78, 5) is 15.3. The standard InChI is InChI=1S/C18H28Cl2N4O2Si.5I2.HI/c1-27(2,3)11-5-8-23-10-9-22(14-23)7-4-6-21-17-12-15(19)16(20)13-18(17)24(25)26;5*1-2;/h9-10,12-13,21H,4-8,11,14H2,1-3H3;;;;;;1H. The average Bonchev–Trinajstić information content (AvgIpc) is 3.36. The summed E-state index contributed by atoms with van der Waals surface area (Å²) in [5.41, 5.74) is 0.346. The molecule has 0 fully saturated rings. The highest BCUT2D eigenvalue weighted by Crippen LogP contribution is 2.33. The van der Waals surface area contributed by atoms with Gasteiger partial charge in [-0.15, -0.1) is 24.0 Å². The van der Waals surface area contributed by atoms with Gasteiger partial charge < -0.3 is 15.1 Å². The Hall–Kier alpha value is 6.59. The molecule has 0 atom stereocenters. The van der Waals surface area contributed by atoms with E-state index in [2.05, 4.69) is 233 Å². The minimum Gasteiger partial charge on any atom is -0.379 e. The van der Waals surface area contributed by atoms with Gasteiger partial charge in [0.15, 0.2) is 0 Å². The molecule has 1 heterocycles. The molecule has 0 bridgehead atoms. The maximum atomic E-state index is 11.2. The zero-order valence-corrected chi connectivity index (χ0v) is 46.8. The lowest BCUT2D eigenvalue weighted by Crippen LogP contribution is -2.29. The molecule has 0 radical (unpaired) electrons. The molecule has 1 aromatic carbocycles. The number of rotatable bonds is 10. The Labute approximate surface area is 373 Å². The van der Waals surface area contributed by atoms with Crippen molar-refractivity contribution in [3.63, 3.8) is 0 Å². The molecule has 0 spiro atoms. The summed E-state index contributed by atoms with van der Waals surface area (Å²) in [5, 5.41) is 14.8. The van der Waals surface area contributed by atoms with Crippen LogP contribution in [0.2, 0.25) is 35.7 Å². The lowest BCUT2D eigenvalue weighted by atomic mass is 10.2. The van der Waals surface area contributed by atoms with E-state index in [1.54, 1.807) is 0 Å². The van der Waals surface area contributed by atoms with Crippen molar-refractivity contribution < 1.29 is 4.92 Å². The Kier molecular flexibility index (Phi) is 54.1. The normalized spacial score (nSPS) is 10.8. The van der Waals surface area contributed by atoms with Crippen molar-refractivity contribution in [3.05, 3.63) is 44.7 Å². The van der Waals surface area contributed by atoms with Crippen LogP contribution in [0.4, 0.5) is 11.4 Å². The van der Waals surface area contributed by atoms with Gasteiger partial charge in [0.05, 0.1) is 21.6 Å². The van der Waals surface area contributed by atoms with Crippen LogP contribution in [0.1, 0.15) is 12.8 Å². The van der Waals surface area contributed by atoms with E-state index in [4.69, 9.17) is 23.2 Å². The van der Waals surface area contributed by atoms with Gasteiger partial charge in [-0.05, 0) is 18.9 Å². The van der Waals surface area contributed by atoms with Crippen LogP contribution in [-0.4, -0.2) is 49.1 Å². The first kappa shape index (κ1) is 54.1. The monoisotopic (exact) mass is 1830 g/mol. The molecule has 1 aromatic rings. The predicted molar refractivity (Wildman–Crippen MR) is 272 cm³/mol. The molecular formula is C18H29Cl2I11N4O2Si. The summed E-state index contributed by atoms with van der Waals surface area (Å²) < 4.78 is 0. The van der Waals surface area contributed by atoms with E-state index in [1.165, 1.54) is 24.6 Å². The minimum atomic E-state index is -0.963. The van der Waals surface area contributed by atoms with Crippen molar-refractivity contribution in [2.75, 3.05) is 31.6 Å². The second-order valence-electron chi connectivity index (χ2n) is 8.05. The van der Waals surface area contributed by atoms with E-state index in [0.717, 1.165) is 26.2 Å². The van der Waals surface area contributed by atoms with Crippen LogP contribution in [-0.2, 0) is 0 Å². The van der Waals surface area contributed by atoms with Gasteiger partial charge in [-0.25, -0.2) is 0 Å². The summed E-state index contributed by atoms with van der Waals surface area (Å²) in [5.74, 6) is 0. The summed E-state index contributed by atoms with van der Waals surface area (Å²) >= 11 is 33.0. The molecule has 38 heavy (non-hydrogen) atoms. The van der Waals surface area contributed by atoms with Gasteiger partial charge in [-0.3, -0.25) is 10.1 Å². The minimum absolute atomic E-state index is 0. The van der Waals surface area contributed by atoms with E-state index in [-0.39, 0.29) is 34.7 Å². The van der Waals surface area contributed by atoms with Crippen LogP contribution >= 0.6 is 233 Å². The van der Waals surface area contributed by atoms with Gasteiger partial charge >= 0.3 is 0 Å². The highest BCUT2D eigenvalue weighted by atomic mass is 128. The Morgan fingerprint density at radius 3 is 1.71 bits per heavy atom. The van der Waals surface area contributed by atoms with Crippen molar-refractivity contribution >= 4 is 253 Å². The molecule has 0 unspecified atom stereocenters. The number of hydrogen-bond acceptors (Lipinski definition) is 5. The lowest BCUT2D eigenvalue weighted by Gasteiger charge is -2.23. The first-order valence-corrected chi connectivity index (χ1v) is 45.8. The third kappa shape index (κ3) is 30.0. The number of halogens is 13. The second-order valence-corrected chi connectivity index (χ2v) is 14.5. The van der Waals surface area contributed by atoms with Gasteiger partial charge in [0, 0.05) is 232 Å². The van der Waals surface area contributed by atoms with E-state index < -0.39 is 13.0 Å². The van der Waals surface area contributed by atoms with Gasteiger partial charge in [0.1, 0.15) is 5.69 Å². The summed E-state index contributed by atoms with van der Waals surface area (Å²) in [6.45, 7) is 10.8. The van der Waals surface area contributed by atoms with Crippen molar-refractivity contribution in [1.29, 1.82) is 0 Å². The summed E-state index contributed by atoms with van der Waals surface area (Å²) in [7, 11) is -0.963. The first-order chi connectivity index (χ1) is 17.7. The maximum absolute atomic E-state index is 11.2. The van der Waals surface area contributed by atoms with Crippen LogP contribution in [0, 0.1) is 10.1 Å². The number of nitro benzene ring substituents is 1. The Balaban J connectivity index is -0.000000295. The molecule has 1 aliphatic rings. The van der Waals surface area contributed by atoms with Crippen molar-refractivity contribution in [1.82, 2.24) is 9.80 Å². The molecule has 228 valence electrons. The highest BCUT2D eigenvalue weighted by Gasteiger charge is 2.18. The number of nitrogens with one attached hydrogen (secondary N) is 1. The van der Waals surface area contributed by atoms with E-state index >= 15 is 0 Å². The molecule has 20 heteroatoms. The van der Waals surface area contributed by atoms with Crippen molar-refractivity contribution in [3.8, 4) is 0 Å². The number of nitrogens with zero attached hydrogens (tertiary/aromatic N) is 3. The molecule has 2 rings (SSSR count). The van der Waals surface area contributed by atoms with Gasteiger partial charge in [0.2, 0.25) is 0 Å². The fourth-order valence-corrected chi connectivity index (χ4v) is 4.49. The summed E-state index contributed by atoms with van der Waals surface area (Å²) in [6.07, 6.45) is 6.39. The van der Waals surface area contributed by atoms with Crippen LogP contribution in [0.3, 0.4) is 0 Å². The first-order valence-electron chi connectivity index (χ1n) is 9.91. The van der Waals surface area contributed by atoms with Crippen LogP contribution in [0.15, 0.2) is 24.5 Å². The third-order valence-electron chi connectivity index (χ3n) is 4.40. The molecular weight excluding hydrogens is 1800 g/mol. The number of benzene rings is 1. The van der Waals surface area contributed by atoms with Crippen molar-refractivity contribution in [2.24, 2.45) is 0 Å². The second kappa shape index (κ2) is 38.0. The number of nitro groups is 1. The van der Waals surface area contributed by atoms with Crippen LogP contribution < -0.4 is 5.32 Å². The van der Waals surface area contributed by atoms with Crippen molar-refractivity contribution in [2.45, 2.75) is 38.5 Å². The van der Waals surface area contributed by atoms with E-state index in [0.29, 0.717) is 17.3 Å². The quantitative estimate of drug-likeness (QED) is 0.0832. The zero-order valence-electron chi connectivity index (χ0n) is 20.4. The van der Waals surface area contributed by atoms with Crippen LogP contribution in [0.5, 0.6) is 0 Å². The maximum Gasteiger partial charge on any atom is 0.293 e. The van der Waals surface area contributed by atoms with E-state index in [9.17, 15) is 10.1 Å². The highest BCUT2D eigenvalue weighted by molar-refractivity contribution is 15.0. The van der Waals surface area contributed by atoms with Gasteiger partial charge in [-0.1, -0.05) is 48.9 Å². The zero-order chi connectivity index (χ0) is 30.0. The molecule has 0 amide bonds. The largest absolute Gasteiger partial charge is 0.379 e. The SMILES string of the molecule is C[Si](C)(C)CCCN1C=CN(CCCNc2cc(Cl)c(Cl)cc2[N+](=O)[O-])C1.I.II.II.II.II.II. The third-order valence-corrected chi connectivity index (χ3v) is 6.97. The predicted octanol–water partition coefficient (Wildman–Crippen LogP) is 15.0. The lowest BCUT2D eigenvalue weighted by molar-refractivity contribution is -0.383. The smallest absolute Gasteiger partial charge is 0.293 e. The molecule has 1 aliphatic heterocycles. The number of anilines is 1. The molecule has 0 saturated carbocycles. The average molecular weight is 1830 g/mol. The van der Waals surface area contributed by atoms with Crippen LogP contribution in [0.25, 0.3) is 0 Å². The topological polar surface area (TPSA) is 61.6 Å². The molecule has 0 aromatic heterocycles.